The van der Waals surface area contributed by atoms with Gasteiger partial charge in [-0.3, -0.25) is 0 Å². The van der Waals surface area contributed by atoms with E-state index in [9.17, 15) is 0 Å². The van der Waals surface area contributed by atoms with Crippen LogP contribution in [-0.4, -0.2) is 38.7 Å². The Labute approximate surface area is 116 Å². The van der Waals surface area contributed by atoms with Crippen molar-refractivity contribution in [1.82, 2.24) is 10.2 Å². The van der Waals surface area contributed by atoms with Crippen LogP contribution >= 0.6 is 0 Å². The summed E-state index contributed by atoms with van der Waals surface area (Å²) >= 11 is 0. The minimum absolute atomic E-state index is 0.408. The van der Waals surface area contributed by atoms with Crippen molar-refractivity contribution in [2.45, 2.75) is 25.8 Å². The number of nitrogens with zero attached hydrogens (tertiary/aromatic N) is 1. The molecule has 19 heavy (non-hydrogen) atoms. The Kier molecular flexibility index (Phi) is 5.23. The first-order valence-electron chi connectivity index (χ1n) is 7.25. The second-order valence-corrected chi connectivity index (χ2v) is 5.65. The molecule has 1 heterocycles. The van der Waals surface area contributed by atoms with Gasteiger partial charge in [0, 0.05) is 6.04 Å². The molecule has 0 aliphatic carbocycles. The molecule has 0 amide bonds. The Morgan fingerprint density at radius 1 is 1.26 bits per heavy atom. The van der Waals surface area contributed by atoms with Crippen LogP contribution in [0.2, 0.25) is 0 Å². The molecule has 3 heteroatoms. The van der Waals surface area contributed by atoms with E-state index in [1.807, 2.05) is 12.1 Å². The van der Waals surface area contributed by atoms with Gasteiger partial charge in [-0.1, -0.05) is 12.1 Å². The molecule has 1 N–H and O–H groups in total. The molecule has 0 spiro atoms. The van der Waals surface area contributed by atoms with Crippen LogP contribution < -0.4 is 10.1 Å². The largest absolute Gasteiger partial charge is 0.497 e. The first-order chi connectivity index (χ1) is 9.19. The number of nitrogens with one attached hydrogen (secondary N) is 1. The van der Waals surface area contributed by atoms with Gasteiger partial charge in [-0.05, 0) is 70.1 Å². The topological polar surface area (TPSA) is 24.5 Å². The Morgan fingerprint density at radius 2 is 1.89 bits per heavy atom. The van der Waals surface area contributed by atoms with Crippen LogP contribution in [0.4, 0.5) is 0 Å². The van der Waals surface area contributed by atoms with Crippen LogP contribution in [0.3, 0.4) is 0 Å². The Bertz CT molecular complexity index is 369. The van der Waals surface area contributed by atoms with E-state index in [1.165, 1.54) is 31.5 Å². The number of piperidine rings is 1. The molecule has 1 atom stereocenters. The lowest BCUT2D eigenvalue weighted by Gasteiger charge is -2.30. The van der Waals surface area contributed by atoms with Gasteiger partial charge in [0.25, 0.3) is 0 Å². The van der Waals surface area contributed by atoms with E-state index in [4.69, 9.17) is 4.74 Å². The van der Waals surface area contributed by atoms with Crippen molar-refractivity contribution < 1.29 is 4.74 Å². The average Bonchev–Trinajstić information content (AvgIpc) is 2.46. The van der Waals surface area contributed by atoms with Gasteiger partial charge >= 0.3 is 0 Å². The molecule has 1 fully saturated rings. The van der Waals surface area contributed by atoms with Crippen molar-refractivity contribution in [2.24, 2.45) is 5.92 Å². The number of hydrogen-bond donors (Lipinski definition) is 1. The summed E-state index contributed by atoms with van der Waals surface area (Å²) in [5.74, 6) is 1.75. The van der Waals surface area contributed by atoms with E-state index in [2.05, 4.69) is 36.3 Å². The van der Waals surface area contributed by atoms with E-state index in [0.717, 1.165) is 18.2 Å². The van der Waals surface area contributed by atoms with Gasteiger partial charge in [-0.25, -0.2) is 0 Å². The van der Waals surface area contributed by atoms with E-state index < -0.39 is 0 Å². The highest BCUT2D eigenvalue weighted by atomic mass is 16.5. The fraction of sp³-hybridized carbons (Fsp3) is 0.625. The van der Waals surface area contributed by atoms with Crippen molar-refractivity contribution in [1.29, 1.82) is 0 Å². The van der Waals surface area contributed by atoms with Crippen molar-refractivity contribution in [3.63, 3.8) is 0 Å². The molecule has 0 radical (unpaired) electrons. The van der Waals surface area contributed by atoms with Crippen LogP contribution in [0.15, 0.2) is 24.3 Å². The van der Waals surface area contributed by atoms with Crippen LogP contribution in [0.5, 0.6) is 5.75 Å². The van der Waals surface area contributed by atoms with Crippen LogP contribution in [0, 0.1) is 5.92 Å². The second-order valence-electron chi connectivity index (χ2n) is 5.65. The van der Waals surface area contributed by atoms with Gasteiger partial charge in [0.05, 0.1) is 7.11 Å². The molecule has 1 saturated heterocycles. The first kappa shape index (κ1) is 14.4. The number of rotatable bonds is 5. The van der Waals surface area contributed by atoms with Gasteiger partial charge in [0.15, 0.2) is 0 Å². The van der Waals surface area contributed by atoms with E-state index in [1.54, 1.807) is 7.11 Å². The summed E-state index contributed by atoms with van der Waals surface area (Å²) in [5, 5.41) is 3.66. The Hall–Kier alpha value is -1.06. The maximum Gasteiger partial charge on any atom is 0.118 e. The summed E-state index contributed by atoms with van der Waals surface area (Å²) in [6.07, 6.45) is 2.64. The molecule has 1 aromatic carbocycles. The lowest BCUT2D eigenvalue weighted by atomic mass is 9.96. The van der Waals surface area contributed by atoms with E-state index in [0.29, 0.717) is 6.04 Å². The van der Waals surface area contributed by atoms with Crippen LogP contribution in [0.25, 0.3) is 0 Å². The molecule has 0 aromatic heterocycles. The zero-order valence-corrected chi connectivity index (χ0v) is 12.4. The minimum atomic E-state index is 0.408. The predicted octanol–water partition coefficient (Wildman–Crippen LogP) is 2.69. The van der Waals surface area contributed by atoms with Gasteiger partial charge < -0.3 is 15.0 Å². The van der Waals surface area contributed by atoms with Gasteiger partial charge in [-0.2, -0.15) is 0 Å². The lowest BCUT2D eigenvalue weighted by molar-refractivity contribution is 0.213. The molecule has 1 aliphatic rings. The quantitative estimate of drug-likeness (QED) is 0.883. The molecule has 0 bridgehead atoms. The van der Waals surface area contributed by atoms with Crippen molar-refractivity contribution in [3.8, 4) is 5.75 Å². The summed E-state index contributed by atoms with van der Waals surface area (Å²) in [4.78, 5) is 2.42. The monoisotopic (exact) mass is 262 g/mol. The van der Waals surface area contributed by atoms with Gasteiger partial charge in [0.2, 0.25) is 0 Å². The predicted molar refractivity (Wildman–Crippen MR) is 79.6 cm³/mol. The highest BCUT2D eigenvalue weighted by Gasteiger charge is 2.17. The third-order valence-electron chi connectivity index (χ3n) is 4.17. The fourth-order valence-corrected chi connectivity index (χ4v) is 2.62. The third-order valence-corrected chi connectivity index (χ3v) is 4.17. The molecule has 1 aromatic rings. The first-order valence-corrected chi connectivity index (χ1v) is 7.25. The summed E-state index contributed by atoms with van der Waals surface area (Å²) < 4.78 is 5.19. The van der Waals surface area contributed by atoms with Gasteiger partial charge in [0.1, 0.15) is 5.75 Å². The van der Waals surface area contributed by atoms with E-state index >= 15 is 0 Å². The molecule has 106 valence electrons. The molecular weight excluding hydrogens is 236 g/mol. The summed E-state index contributed by atoms with van der Waals surface area (Å²) in [7, 11) is 3.92. The Balaban J connectivity index is 1.78. The molecular formula is C16H26N2O. The molecule has 3 nitrogen and oxygen atoms in total. The number of ether oxygens (including phenoxy) is 1. The SMILES string of the molecule is COc1ccc([C@@H](C)NCC2CCN(C)CC2)cc1. The fourth-order valence-electron chi connectivity index (χ4n) is 2.62. The number of hydrogen-bond acceptors (Lipinski definition) is 3. The lowest BCUT2D eigenvalue weighted by Crippen LogP contribution is -2.35. The minimum Gasteiger partial charge on any atom is -0.497 e. The molecule has 0 unspecified atom stereocenters. The highest BCUT2D eigenvalue weighted by molar-refractivity contribution is 5.28. The smallest absolute Gasteiger partial charge is 0.118 e. The van der Waals surface area contributed by atoms with Crippen LogP contribution in [0.1, 0.15) is 31.4 Å². The van der Waals surface area contributed by atoms with Crippen molar-refractivity contribution in [2.75, 3.05) is 33.8 Å². The summed E-state index contributed by atoms with van der Waals surface area (Å²) in [6.45, 7) is 5.84. The number of methoxy groups -OCH3 is 1. The normalized spacial score (nSPS) is 19.3. The number of likely N-dealkylation sites (tertiary alicyclic amines) is 1. The Morgan fingerprint density at radius 3 is 2.47 bits per heavy atom. The van der Waals surface area contributed by atoms with Crippen LogP contribution in [-0.2, 0) is 0 Å². The van der Waals surface area contributed by atoms with Crippen molar-refractivity contribution in [3.05, 3.63) is 29.8 Å². The summed E-state index contributed by atoms with van der Waals surface area (Å²) in [5.41, 5.74) is 1.33. The maximum absolute atomic E-state index is 5.19. The average molecular weight is 262 g/mol. The molecule has 1 aliphatic heterocycles. The second kappa shape index (κ2) is 6.92. The zero-order chi connectivity index (χ0) is 13.7. The molecule has 2 rings (SSSR count). The van der Waals surface area contributed by atoms with Crippen molar-refractivity contribution >= 4 is 0 Å². The zero-order valence-electron chi connectivity index (χ0n) is 12.4. The highest BCUT2D eigenvalue weighted by Crippen LogP contribution is 2.19. The van der Waals surface area contributed by atoms with Gasteiger partial charge in [-0.15, -0.1) is 0 Å². The third kappa shape index (κ3) is 4.22. The number of benzene rings is 1. The van der Waals surface area contributed by atoms with E-state index in [-0.39, 0.29) is 0 Å². The standard InChI is InChI=1S/C16H26N2O/c1-13(15-4-6-16(19-3)7-5-15)17-12-14-8-10-18(2)11-9-14/h4-7,13-14,17H,8-12H2,1-3H3/t13-/m1/s1. The maximum atomic E-state index is 5.19. The summed E-state index contributed by atoms with van der Waals surface area (Å²) in [6, 6.07) is 8.76. The molecule has 0 saturated carbocycles.